The summed E-state index contributed by atoms with van der Waals surface area (Å²) < 4.78 is 0. The molecule has 2 bridgehead atoms. The molecule has 2 saturated heterocycles. The van der Waals surface area contributed by atoms with Gasteiger partial charge in [0.2, 0.25) is 0 Å². The van der Waals surface area contributed by atoms with Crippen LogP contribution in [-0.2, 0) is 0 Å². The molecule has 0 saturated carbocycles. The first-order valence-electron chi connectivity index (χ1n) is 8.91. The maximum absolute atomic E-state index is 11.7. The van der Waals surface area contributed by atoms with Crippen molar-refractivity contribution in [2.24, 2.45) is 0 Å². The molecule has 2 unspecified atom stereocenters. The maximum Gasteiger partial charge on any atom is 0.0786 e. The van der Waals surface area contributed by atoms with E-state index < -0.39 is 5.60 Å². The van der Waals surface area contributed by atoms with Gasteiger partial charge < -0.3 is 10.4 Å². The Kier molecular flexibility index (Phi) is 2.95. The zero-order valence-corrected chi connectivity index (χ0v) is 13.3. The van der Waals surface area contributed by atoms with Crippen LogP contribution in [0, 0.1) is 0 Å². The summed E-state index contributed by atoms with van der Waals surface area (Å²) in [5.41, 5.74) is 4.63. The van der Waals surface area contributed by atoms with Crippen molar-refractivity contribution >= 4 is 0 Å². The van der Waals surface area contributed by atoms with Crippen molar-refractivity contribution in [2.45, 2.75) is 55.7 Å². The molecule has 2 aromatic carbocycles. The van der Waals surface area contributed by atoms with E-state index in [9.17, 15) is 5.11 Å². The van der Waals surface area contributed by atoms with Gasteiger partial charge >= 0.3 is 0 Å². The van der Waals surface area contributed by atoms with Crippen LogP contribution in [0.15, 0.2) is 48.5 Å². The molecule has 5 rings (SSSR count). The molecule has 1 aliphatic carbocycles. The van der Waals surface area contributed by atoms with Crippen LogP contribution in [0.3, 0.4) is 0 Å². The lowest BCUT2D eigenvalue weighted by Crippen LogP contribution is -2.57. The molecule has 2 N–H and O–H groups in total. The number of fused-ring (bicyclic) bond motifs is 5. The van der Waals surface area contributed by atoms with Crippen molar-refractivity contribution < 1.29 is 5.11 Å². The third-order valence-corrected chi connectivity index (χ3v) is 6.15. The van der Waals surface area contributed by atoms with Gasteiger partial charge in [0, 0.05) is 18.0 Å². The quantitative estimate of drug-likeness (QED) is 0.839. The lowest BCUT2D eigenvalue weighted by molar-refractivity contribution is -0.0425. The average molecular weight is 305 g/mol. The van der Waals surface area contributed by atoms with Crippen LogP contribution in [-0.4, -0.2) is 22.8 Å². The van der Waals surface area contributed by atoms with Gasteiger partial charge in [-0.05, 0) is 47.9 Å². The topological polar surface area (TPSA) is 32.3 Å². The van der Waals surface area contributed by atoms with E-state index in [0.717, 1.165) is 12.8 Å². The van der Waals surface area contributed by atoms with Gasteiger partial charge in [0.15, 0.2) is 0 Å². The van der Waals surface area contributed by atoms with Gasteiger partial charge in [-0.1, -0.05) is 55.0 Å². The SMILES string of the molecule is OC1(C2c3ccccc3-c3ccccc32)CC2CCCC(C1)N2. The smallest absolute Gasteiger partial charge is 0.0786 e. The predicted molar refractivity (Wildman–Crippen MR) is 92.5 cm³/mol. The summed E-state index contributed by atoms with van der Waals surface area (Å²) in [7, 11) is 0. The Bertz CT molecular complexity index is 696. The molecular formula is C21H23NO. The summed E-state index contributed by atoms with van der Waals surface area (Å²) in [6.45, 7) is 0. The first-order valence-corrected chi connectivity index (χ1v) is 8.91. The molecule has 23 heavy (non-hydrogen) atoms. The minimum atomic E-state index is -0.621. The summed E-state index contributed by atoms with van der Waals surface area (Å²) in [4.78, 5) is 0. The van der Waals surface area contributed by atoms with E-state index in [0.29, 0.717) is 12.1 Å². The van der Waals surface area contributed by atoms with Crippen LogP contribution in [0.25, 0.3) is 11.1 Å². The van der Waals surface area contributed by atoms with Gasteiger partial charge in [-0.25, -0.2) is 0 Å². The Hall–Kier alpha value is -1.64. The average Bonchev–Trinajstić information content (AvgIpc) is 2.89. The lowest BCUT2D eigenvalue weighted by Gasteiger charge is -2.48. The minimum Gasteiger partial charge on any atom is -0.389 e. The third-order valence-electron chi connectivity index (χ3n) is 6.15. The summed E-state index contributed by atoms with van der Waals surface area (Å²) >= 11 is 0. The molecule has 0 radical (unpaired) electrons. The number of piperidine rings is 2. The summed E-state index contributed by atoms with van der Waals surface area (Å²) in [6.07, 6.45) is 5.45. The fourth-order valence-corrected chi connectivity index (χ4v) is 5.34. The number of rotatable bonds is 1. The van der Waals surface area contributed by atoms with E-state index in [-0.39, 0.29) is 5.92 Å². The second kappa shape index (κ2) is 4.93. The number of aliphatic hydroxyl groups is 1. The van der Waals surface area contributed by atoms with Crippen molar-refractivity contribution in [3.63, 3.8) is 0 Å². The molecular weight excluding hydrogens is 282 g/mol. The standard InChI is InChI=1S/C21H23NO/c23-21(12-14-6-5-7-15(13-21)22-14)20-18-10-3-1-8-16(18)17-9-2-4-11-19(17)20/h1-4,8-11,14-15,20,22-23H,5-7,12-13H2. The zero-order valence-electron chi connectivity index (χ0n) is 13.3. The second-order valence-corrected chi connectivity index (χ2v) is 7.61. The highest BCUT2D eigenvalue weighted by Gasteiger charge is 2.49. The molecule has 2 heteroatoms. The highest BCUT2D eigenvalue weighted by Crippen LogP contribution is 2.53. The van der Waals surface area contributed by atoms with Gasteiger partial charge in [-0.3, -0.25) is 0 Å². The Morgan fingerprint density at radius 3 is 1.91 bits per heavy atom. The molecule has 0 aromatic heterocycles. The molecule has 2 fully saturated rings. The number of hydrogen-bond acceptors (Lipinski definition) is 2. The molecule has 2 aliphatic heterocycles. The van der Waals surface area contributed by atoms with E-state index in [1.807, 2.05) is 0 Å². The van der Waals surface area contributed by atoms with Gasteiger partial charge in [0.1, 0.15) is 0 Å². The number of nitrogens with one attached hydrogen (secondary N) is 1. The van der Waals surface area contributed by atoms with Crippen molar-refractivity contribution in [3.8, 4) is 11.1 Å². The first-order chi connectivity index (χ1) is 11.2. The zero-order chi connectivity index (χ0) is 15.4. The monoisotopic (exact) mass is 305 g/mol. The van der Waals surface area contributed by atoms with Crippen LogP contribution in [0.2, 0.25) is 0 Å². The van der Waals surface area contributed by atoms with Crippen molar-refractivity contribution in [1.82, 2.24) is 5.32 Å². The van der Waals surface area contributed by atoms with Crippen molar-refractivity contribution in [1.29, 1.82) is 0 Å². The van der Waals surface area contributed by atoms with E-state index in [2.05, 4.69) is 53.8 Å². The Balaban J connectivity index is 1.65. The molecule has 3 aliphatic rings. The van der Waals surface area contributed by atoms with Crippen LogP contribution in [0.4, 0.5) is 0 Å². The van der Waals surface area contributed by atoms with Gasteiger partial charge in [-0.2, -0.15) is 0 Å². The minimum absolute atomic E-state index is 0.125. The fourth-order valence-electron chi connectivity index (χ4n) is 5.34. The Morgan fingerprint density at radius 2 is 1.35 bits per heavy atom. The van der Waals surface area contributed by atoms with Gasteiger partial charge in [-0.15, -0.1) is 0 Å². The van der Waals surface area contributed by atoms with Gasteiger partial charge in [0.25, 0.3) is 0 Å². The normalized spacial score (nSPS) is 32.4. The third kappa shape index (κ3) is 2.02. The Labute approximate surface area is 137 Å². The first kappa shape index (κ1) is 13.8. The number of hydrogen-bond donors (Lipinski definition) is 2. The van der Waals surface area contributed by atoms with Crippen molar-refractivity contribution in [2.75, 3.05) is 0 Å². The van der Waals surface area contributed by atoms with E-state index in [1.165, 1.54) is 41.5 Å². The fraction of sp³-hybridized carbons (Fsp3) is 0.429. The number of benzene rings is 2. The van der Waals surface area contributed by atoms with Crippen LogP contribution >= 0.6 is 0 Å². The molecule has 2 aromatic rings. The molecule has 0 amide bonds. The highest BCUT2D eigenvalue weighted by atomic mass is 16.3. The lowest BCUT2D eigenvalue weighted by atomic mass is 9.68. The molecule has 118 valence electrons. The summed E-state index contributed by atoms with van der Waals surface area (Å²) in [6, 6.07) is 18.3. The van der Waals surface area contributed by atoms with Crippen LogP contribution < -0.4 is 5.32 Å². The van der Waals surface area contributed by atoms with Crippen LogP contribution in [0.1, 0.15) is 49.1 Å². The molecule has 2 atom stereocenters. The van der Waals surface area contributed by atoms with Crippen LogP contribution in [0.5, 0.6) is 0 Å². The maximum atomic E-state index is 11.7. The highest BCUT2D eigenvalue weighted by molar-refractivity contribution is 5.79. The van der Waals surface area contributed by atoms with Gasteiger partial charge in [0.05, 0.1) is 5.60 Å². The second-order valence-electron chi connectivity index (χ2n) is 7.61. The predicted octanol–water partition coefficient (Wildman–Crippen LogP) is 3.83. The molecule has 2 heterocycles. The largest absolute Gasteiger partial charge is 0.389 e. The summed E-state index contributed by atoms with van der Waals surface area (Å²) in [5.74, 6) is 0.125. The Morgan fingerprint density at radius 1 is 0.826 bits per heavy atom. The van der Waals surface area contributed by atoms with E-state index in [4.69, 9.17) is 0 Å². The summed E-state index contributed by atoms with van der Waals surface area (Å²) in [5, 5.41) is 15.4. The molecule has 2 nitrogen and oxygen atoms in total. The van der Waals surface area contributed by atoms with E-state index in [1.54, 1.807) is 0 Å². The van der Waals surface area contributed by atoms with E-state index >= 15 is 0 Å². The van der Waals surface area contributed by atoms with Crippen molar-refractivity contribution in [3.05, 3.63) is 59.7 Å². The molecule has 0 spiro atoms.